The first-order valence-corrected chi connectivity index (χ1v) is 30.5. The minimum Gasteiger partial charge on any atom is -0.447 e. The normalized spacial score (nSPS) is 15.3. The third-order valence-corrected chi connectivity index (χ3v) is 17.5. The zero-order valence-corrected chi connectivity index (χ0v) is 50.5. The van der Waals surface area contributed by atoms with E-state index in [1.54, 1.807) is 40.3 Å². The van der Waals surface area contributed by atoms with Crippen molar-refractivity contribution in [1.82, 2.24) is 40.4 Å². The maximum atomic E-state index is 13.7. The number of tetrazole rings is 1. The van der Waals surface area contributed by atoms with Gasteiger partial charge in [-0.1, -0.05) is 132 Å². The minimum absolute atomic E-state index is 0.00543. The van der Waals surface area contributed by atoms with Crippen LogP contribution in [-0.2, 0) is 17.6 Å². The average Bonchev–Trinajstić information content (AvgIpc) is 2.20. The second-order valence-electron chi connectivity index (χ2n) is 22.4. The van der Waals surface area contributed by atoms with Crippen molar-refractivity contribution in [3.05, 3.63) is 249 Å². The quantitative estimate of drug-likeness (QED) is 0.0621. The molecule has 0 aliphatic carbocycles. The van der Waals surface area contributed by atoms with Gasteiger partial charge in [0, 0.05) is 81.2 Å². The standard InChI is InChI=1S/C68H67Cl2N13O5/c1-3-71-67(84)77-32-28-49(29-33-77)52-17-11-19-54(39-52)60(37-48-14-8-5-9-15-48)66-25-21-56(43-82(66)87-2)62-41-58(70)23-27-64(62)80-45-73-83(76-80)46-88-68(85)78-34-30-50(31-35-78)51-16-10-18-53(38-51)59(36-47-12-6-4-7-13-47)65-24-20-55(42-81(65)86)61-40-57(69)22-26-63(61)79-44-72-74-75-79/h4-27,38-45,49-50,59-60H,3,28-37,46H2,1-2H3,(H-,71,84,86)/p+1. The van der Waals surface area contributed by atoms with Crippen LogP contribution in [-0.4, -0.2) is 105 Å². The number of carbonyl (C=O) groups is 2. The van der Waals surface area contributed by atoms with Gasteiger partial charge in [0.05, 0.1) is 35.0 Å². The van der Waals surface area contributed by atoms with Gasteiger partial charge < -0.3 is 35.5 Å². The Hall–Kier alpha value is -9.36. The van der Waals surface area contributed by atoms with Gasteiger partial charge in [0.2, 0.25) is 23.8 Å². The molecule has 6 aromatic carbocycles. The summed E-state index contributed by atoms with van der Waals surface area (Å²) >= 11 is 13.2. The van der Waals surface area contributed by atoms with Gasteiger partial charge in [-0.25, -0.2) is 9.59 Å². The number of benzene rings is 6. The lowest BCUT2D eigenvalue weighted by atomic mass is 9.84. The Morgan fingerprint density at radius 2 is 1.24 bits per heavy atom. The van der Waals surface area contributed by atoms with Gasteiger partial charge in [0.15, 0.2) is 6.73 Å². The number of rotatable bonds is 18. The van der Waals surface area contributed by atoms with Crippen LogP contribution in [0.2, 0.25) is 10.0 Å². The summed E-state index contributed by atoms with van der Waals surface area (Å²) in [4.78, 5) is 36.1. The predicted molar refractivity (Wildman–Crippen MR) is 337 cm³/mol. The second-order valence-corrected chi connectivity index (χ2v) is 23.2. The van der Waals surface area contributed by atoms with E-state index in [4.69, 9.17) is 38.3 Å². The van der Waals surface area contributed by atoms with E-state index in [-0.39, 0.29) is 30.5 Å². The van der Waals surface area contributed by atoms with Crippen LogP contribution >= 0.6 is 23.2 Å². The average molecular weight is 1220 g/mol. The Labute approximate surface area is 521 Å². The molecule has 3 aromatic heterocycles. The van der Waals surface area contributed by atoms with Gasteiger partial charge in [-0.05, 0) is 150 Å². The van der Waals surface area contributed by atoms with E-state index in [9.17, 15) is 14.8 Å². The van der Waals surface area contributed by atoms with Crippen LogP contribution in [0.25, 0.3) is 33.5 Å². The third-order valence-electron chi connectivity index (χ3n) is 17.0. The van der Waals surface area contributed by atoms with Crippen LogP contribution < -0.4 is 24.6 Å². The Kier molecular flexibility index (Phi) is 18.2. The summed E-state index contributed by atoms with van der Waals surface area (Å²) in [6.45, 7) is 4.83. The summed E-state index contributed by atoms with van der Waals surface area (Å²) in [5.41, 5.74) is 18.0. The maximum absolute atomic E-state index is 13.7. The van der Waals surface area contributed by atoms with Gasteiger partial charge >= 0.3 is 12.1 Å². The SMILES string of the molecule is CCNC(=O)N1CCC(c2cccc(C(Cc3ccccc3)c3ccc(-c4cc(Cl)ccc4N4C=NN(COC(=O)N5CCC(c6cccc(C(Cc7ccccc7)c7ccc(-c8cc(Cl)ccc8-n8cnnn8)c[n+]7O)c6)CC5)[N-]4)c[n+]3OC)c2)CC1. The van der Waals surface area contributed by atoms with Gasteiger partial charge in [0.1, 0.15) is 13.4 Å². The van der Waals surface area contributed by atoms with Crippen LogP contribution in [0, 0.1) is 0 Å². The lowest BCUT2D eigenvalue weighted by molar-refractivity contribution is -0.909. The topological polar surface area (TPSA) is 176 Å². The number of anilines is 1. The molecule has 2 atom stereocenters. The van der Waals surface area contributed by atoms with Gasteiger partial charge in [-0.2, -0.15) is 9.78 Å². The largest absolute Gasteiger partial charge is 0.447 e. The molecule has 3 aliphatic rings. The Morgan fingerprint density at radius 3 is 1.82 bits per heavy atom. The number of nitrogens with zero attached hydrogens (tertiary/aromatic N) is 12. The van der Waals surface area contributed by atoms with Crippen molar-refractivity contribution in [2.24, 2.45) is 5.10 Å². The molecule has 3 amide bonds. The summed E-state index contributed by atoms with van der Waals surface area (Å²) in [6, 6.07) is 57.5. The number of piperidine rings is 2. The van der Waals surface area contributed by atoms with Crippen LogP contribution in [0.4, 0.5) is 15.3 Å². The molecule has 3 aliphatic heterocycles. The molecule has 2 N–H and O–H groups in total. The number of likely N-dealkylation sites (tertiary alicyclic amines) is 2. The van der Waals surface area contributed by atoms with Crippen LogP contribution in [0.5, 0.6) is 0 Å². The molecule has 0 spiro atoms. The van der Waals surface area contributed by atoms with Crippen molar-refractivity contribution >= 4 is 47.4 Å². The fraction of sp³-hybridized carbons (Fsp3) is 0.265. The lowest BCUT2D eigenvalue weighted by Gasteiger charge is -2.37. The molecule has 9 aromatic rings. The number of pyridine rings is 2. The van der Waals surface area contributed by atoms with E-state index in [2.05, 4.69) is 123 Å². The maximum Gasteiger partial charge on any atom is 0.411 e. The highest BCUT2D eigenvalue weighted by Gasteiger charge is 2.32. The second kappa shape index (κ2) is 27.1. The Balaban J connectivity index is 0.694. The van der Waals surface area contributed by atoms with E-state index in [1.165, 1.54) is 38.4 Å². The number of hydrogen-bond donors (Lipinski definition) is 2. The highest BCUT2D eigenvalue weighted by atomic mass is 35.5. The number of nitrogens with one attached hydrogen (secondary N) is 1. The number of urea groups is 1. The molecule has 0 bridgehead atoms. The molecule has 0 saturated carbocycles. The number of carbonyl (C=O) groups excluding carboxylic acids is 2. The minimum atomic E-state index is -0.440. The monoisotopic (exact) mass is 1220 g/mol. The van der Waals surface area contributed by atoms with Crippen LogP contribution in [0.3, 0.4) is 0 Å². The van der Waals surface area contributed by atoms with Crippen molar-refractivity contribution < 1.29 is 33.8 Å². The van der Waals surface area contributed by atoms with E-state index in [0.717, 1.165) is 95.6 Å². The van der Waals surface area contributed by atoms with Gasteiger partial charge in [0.25, 0.3) is 0 Å². The van der Waals surface area contributed by atoms with Crippen molar-refractivity contribution in [3.8, 4) is 27.9 Å². The van der Waals surface area contributed by atoms with Gasteiger partial charge in [-0.3, -0.25) is 10.0 Å². The first kappa shape index (κ1) is 59.0. The highest BCUT2D eigenvalue weighted by Crippen LogP contribution is 2.39. The molecule has 6 heterocycles. The van der Waals surface area contributed by atoms with Crippen molar-refractivity contribution in [2.75, 3.05) is 51.6 Å². The number of halogens is 2. The molecule has 2 saturated heterocycles. The van der Waals surface area contributed by atoms with E-state index < -0.39 is 6.09 Å². The Bertz CT molecular complexity index is 3920. The zero-order valence-electron chi connectivity index (χ0n) is 49.0. The molecule has 88 heavy (non-hydrogen) atoms. The summed E-state index contributed by atoms with van der Waals surface area (Å²) in [5, 5.41) is 35.0. The summed E-state index contributed by atoms with van der Waals surface area (Å²) < 4.78 is 10.5. The first-order valence-electron chi connectivity index (χ1n) is 29.8. The van der Waals surface area contributed by atoms with E-state index >= 15 is 0 Å². The molecular weight excluding hydrogens is 1150 g/mol. The number of hydrazone groups is 1. The molecule has 18 nitrogen and oxygen atoms in total. The zero-order chi connectivity index (χ0) is 60.5. The highest BCUT2D eigenvalue weighted by molar-refractivity contribution is 6.31. The van der Waals surface area contributed by atoms with Gasteiger partial charge in [-0.15, -0.1) is 5.10 Å². The van der Waals surface area contributed by atoms with Crippen LogP contribution in [0.15, 0.2) is 194 Å². The number of amides is 3. The molecule has 12 rings (SSSR count). The smallest absolute Gasteiger partial charge is 0.411 e. The molecule has 2 unspecified atom stereocenters. The molecule has 448 valence electrons. The van der Waals surface area contributed by atoms with E-state index in [1.807, 2.05) is 89.5 Å². The lowest BCUT2D eigenvalue weighted by Crippen LogP contribution is -2.45. The fourth-order valence-corrected chi connectivity index (χ4v) is 12.8. The summed E-state index contributed by atoms with van der Waals surface area (Å²) in [5.74, 6) is 0.273. The Morgan fingerprint density at radius 1 is 0.670 bits per heavy atom. The summed E-state index contributed by atoms with van der Waals surface area (Å²) in [7, 11) is 1.67. The number of hydrogen-bond acceptors (Lipinski definition) is 11. The van der Waals surface area contributed by atoms with Crippen LogP contribution in [0.1, 0.15) is 101 Å². The predicted octanol–water partition coefficient (Wildman–Crippen LogP) is 12.1. The molecule has 20 heteroatoms. The number of ether oxygens (including phenoxy) is 1. The first-order chi connectivity index (χ1) is 43.0. The summed E-state index contributed by atoms with van der Waals surface area (Å²) in [6.07, 6.45) is 11.0. The fourth-order valence-electron chi connectivity index (χ4n) is 12.4. The molecular formula is C68H68Cl2N13O5+. The van der Waals surface area contributed by atoms with Crippen molar-refractivity contribution in [2.45, 2.75) is 69.1 Å². The third kappa shape index (κ3) is 13.4. The van der Waals surface area contributed by atoms with E-state index in [0.29, 0.717) is 47.7 Å². The molecule has 2 fully saturated rings. The van der Waals surface area contributed by atoms with Crippen molar-refractivity contribution in [1.29, 1.82) is 0 Å². The van der Waals surface area contributed by atoms with Crippen molar-refractivity contribution in [3.63, 3.8) is 0 Å². The molecule has 0 radical (unpaired) electrons. The number of aromatic nitrogens is 6.